The summed E-state index contributed by atoms with van der Waals surface area (Å²) < 4.78 is 54.1. The second kappa shape index (κ2) is 7.50. The first-order chi connectivity index (χ1) is 12.1. The van der Waals surface area contributed by atoms with Crippen molar-refractivity contribution in [2.24, 2.45) is 0 Å². The van der Waals surface area contributed by atoms with E-state index < -0.39 is 35.3 Å². The number of hydrogen-bond donors (Lipinski definition) is 1. The maximum atomic E-state index is 13.5. The largest absolute Gasteiger partial charge is 0.481 e. The van der Waals surface area contributed by atoms with Crippen molar-refractivity contribution < 1.29 is 32.3 Å². The van der Waals surface area contributed by atoms with Crippen LogP contribution >= 0.6 is 0 Å². The van der Waals surface area contributed by atoms with Crippen LogP contribution in [0.5, 0.6) is 0 Å². The van der Waals surface area contributed by atoms with Crippen LogP contribution in [-0.4, -0.2) is 50.5 Å². The van der Waals surface area contributed by atoms with Gasteiger partial charge in [0.2, 0.25) is 0 Å². The monoisotopic (exact) mass is 374 g/mol. The lowest BCUT2D eigenvalue weighted by Crippen LogP contribution is -2.30. The molecular formula is C15H14F4N4O3. The van der Waals surface area contributed by atoms with Crippen molar-refractivity contribution in [1.29, 1.82) is 0 Å². The molecule has 0 unspecified atom stereocenters. The number of carboxylic acids is 1. The van der Waals surface area contributed by atoms with Crippen molar-refractivity contribution in [2.45, 2.75) is 19.0 Å². The summed E-state index contributed by atoms with van der Waals surface area (Å²) in [5.74, 6) is -2.92. The van der Waals surface area contributed by atoms with Crippen LogP contribution in [0.25, 0.3) is 5.69 Å². The molecule has 1 aromatic heterocycles. The highest BCUT2D eigenvalue weighted by Crippen LogP contribution is 2.33. The molecule has 2 aromatic rings. The maximum Gasteiger partial charge on any atom is 0.435 e. The highest BCUT2D eigenvalue weighted by Gasteiger charge is 2.42. The number of carbonyl (C=O) groups is 2. The highest BCUT2D eigenvalue weighted by molar-refractivity contribution is 5.93. The average molecular weight is 374 g/mol. The maximum absolute atomic E-state index is 13.5. The Morgan fingerprint density at radius 3 is 2.58 bits per heavy atom. The molecule has 2 rings (SSSR count). The van der Waals surface area contributed by atoms with E-state index in [-0.39, 0.29) is 25.1 Å². The van der Waals surface area contributed by atoms with Crippen LogP contribution in [0.2, 0.25) is 0 Å². The quantitative estimate of drug-likeness (QED) is 0.785. The van der Waals surface area contributed by atoms with Crippen molar-refractivity contribution in [3.05, 3.63) is 41.5 Å². The van der Waals surface area contributed by atoms with Crippen LogP contribution in [0.1, 0.15) is 29.0 Å². The van der Waals surface area contributed by atoms with Crippen molar-refractivity contribution in [3.63, 3.8) is 0 Å². The van der Waals surface area contributed by atoms with E-state index in [1.54, 1.807) is 0 Å². The molecule has 0 saturated heterocycles. The van der Waals surface area contributed by atoms with E-state index in [1.807, 2.05) is 0 Å². The first kappa shape index (κ1) is 19.3. The third kappa shape index (κ3) is 4.35. The van der Waals surface area contributed by atoms with Gasteiger partial charge in [-0.2, -0.15) is 13.2 Å². The van der Waals surface area contributed by atoms with Crippen LogP contribution < -0.4 is 0 Å². The molecule has 1 heterocycles. The van der Waals surface area contributed by atoms with Gasteiger partial charge in [0, 0.05) is 20.0 Å². The van der Waals surface area contributed by atoms with E-state index in [1.165, 1.54) is 19.2 Å². The summed E-state index contributed by atoms with van der Waals surface area (Å²) in [5, 5.41) is 15.2. The number of carboxylic acid groups (broad SMARTS) is 1. The van der Waals surface area contributed by atoms with Gasteiger partial charge >= 0.3 is 12.1 Å². The van der Waals surface area contributed by atoms with Gasteiger partial charge in [-0.15, -0.1) is 5.10 Å². The zero-order valence-electron chi connectivity index (χ0n) is 13.5. The van der Waals surface area contributed by atoms with Crippen LogP contribution in [0, 0.1) is 5.82 Å². The molecule has 0 spiro atoms. The molecule has 1 aromatic carbocycles. The van der Waals surface area contributed by atoms with Crippen LogP contribution in [-0.2, 0) is 11.0 Å². The Hall–Kier alpha value is -2.98. The zero-order chi connectivity index (χ0) is 19.5. The number of rotatable bonds is 6. The molecule has 1 amide bonds. The lowest BCUT2D eigenvalue weighted by atomic mass is 10.2. The number of hydrogen-bond acceptors (Lipinski definition) is 4. The molecule has 0 aliphatic heterocycles. The van der Waals surface area contributed by atoms with Crippen LogP contribution in [0.15, 0.2) is 24.3 Å². The van der Waals surface area contributed by atoms with Gasteiger partial charge in [0.1, 0.15) is 5.82 Å². The molecule has 7 nitrogen and oxygen atoms in total. The predicted molar refractivity (Wildman–Crippen MR) is 80.1 cm³/mol. The van der Waals surface area contributed by atoms with E-state index in [0.29, 0.717) is 4.68 Å². The molecule has 140 valence electrons. The number of aromatic nitrogens is 3. The third-order valence-corrected chi connectivity index (χ3v) is 3.42. The molecule has 0 atom stereocenters. The Bertz CT molecular complexity index is 819. The van der Waals surface area contributed by atoms with Gasteiger partial charge in [0.05, 0.1) is 5.69 Å². The van der Waals surface area contributed by atoms with Gasteiger partial charge in [-0.1, -0.05) is 11.3 Å². The molecule has 26 heavy (non-hydrogen) atoms. The molecular weight excluding hydrogens is 360 g/mol. The fourth-order valence-corrected chi connectivity index (χ4v) is 2.22. The number of carbonyl (C=O) groups excluding carboxylic acids is 1. The minimum absolute atomic E-state index is 0.0664. The van der Waals surface area contributed by atoms with Crippen molar-refractivity contribution in [1.82, 2.24) is 19.9 Å². The summed E-state index contributed by atoms with van der Waals surface area (Å²) in [4.78, 5) is 23.7. The summed E-state index contributed by atoms with van der Waals surface area (Å²) in [6.45, 7) is -0.0742. The Morgan fingerprint density at radius 2 is 2.00 bits per heavy atom. The molecule has 0 radical (unpaired) electrons. The van der Waals surface area contributed by atoms with E-state index >= 15 is 0 Å². The topological polar surface area (TPSA) is 88.3 Å². The van der Waals surface area contributed by atoms with E-state index in [4.69, 9.17) is 5.11 Å². The van der Waals surface area contributed by atoms with Crippen molar-refractivity contribution in [2.75, 3.05) is 13.6 Å². The van der Waals surface area contributed by atoms with Gasteiger partial charge in [0.25, 0.3) is 5.91 Å². The van der Waals surface area contributed by atoms with Gasteiger partial charge in [0.15, 0.2) is 11.4 Å². The summed E-state index contributed by atoms with van der Waals surface area (Å²) >= 11 is 0. The van der Waals surface area contributed by atoms with Crippen molar-refractivity contribution >= 4 is 11.9 Å². The van der Waals surface area contributed by atoms with E-state index in [9.17, 15) is 27.2 Å². The van der Waals surface area contributed by atoms with Gasteiger partial charge in [-0.05, 0) is 24.6 Å². The molecule has 0 bridgehead atoms. The Labute approximate surface area is 144 Å². The second-order valence-corrected chi connectivity index (χ2v) is 5.40. The normalized spacial score (nSPS) is 11.4. The SMILES string of the molecule is CN(CCCC(=O)O)C(=O)c1nnn(-c2cccc(F)c2)c1C(F)(F)F. The first-order valence-corrected chi connectivity index (χ1v) is 7.37. The predicted octanol–water partition coefficient (Wildman–Crippen LogP) is 2.36. The van der Waals surface area contributed by atoms with Gasteiger partial charge in [-0.25, -0.2) is 9.07 Å². The number of benzene rings is 1. The molecule has 0 fully saturated rings. The van der Waals surface area contributed by atoms with Crippen LogP contribution in [0.3, 0.4) is 0 Å². The van der Waals surface area contributed by atoms with E-state index in [2.05, 4.69) is 10.3 Å². The average Bonchev–Trinajstić information content (AvgIpc) is 2.99. The molecule has 11 heteroatoms. The Morgan fingerprint density at radius 1 is 1.31 bits per heavy atom. The highest BCUT2D eigenvalue weighted by atomic mass is 19.4. The number of nitrogens with zero attached hydrogens (tertiary/aromatic N) is 4. The second-order valence-electron chi connectivity index (χ2n) is 5.40. The summed E-state index contributed by atoms with van der Waals surface area (Å²) in [6.07, 6.45) is -5.14. The minimum Gasteiger partial charge on any atom is -0.481 e. The molecule has 0 aliphatic carbocycles. The Kier molecular flexibility index (Phi) is 5.58. The smallest absolute Gasteiger partial charge is 0.435 e. The lowest BCUT2D eigenvalue weighted by Gasteiger charge is -2.17. The number of amides is 1. The van der Waals surface area contributed by atoms with Gasteiger partial charge < -0.3 is 10.0 Å². The third-order valence-electron chi connectivity index (χ3n) is 3.42. The number of aliphatic carboxylic acids is 1. The fourth-order valence-electron chi connectivity index (χ4n) is 2.22. The minimum atomic E-state index is -4.97. The molecule has 0 saturated carbocycles. The Balaban J connectivity index is 2.37. The first-order valence-electron chi connectivity index (χ1n) is 7.37. The van der Waals surface area contributed by atoms with Crippen LogP contribution in [0.4, 0.5) is 17.6 Å². The fraction of sp³-hybridized carbons (Fsp3) is 0.333. The molecule has 0 aliphatic rings. The van der Waals surface area contributed by atoms with E-state index in [0.717, 1.165) is 17.0 Å². The van der Waals surface area contributed by atoms with Gasteiger partial charge in [-0.3, -0.25) is 9.59 Å². The summed E-state index contributed by atoms with van der Waals surface area (Å²) in [6, 6.07) is 4.27. The standard InChI is InChI=1S/C15H14F4N4O3/c1-22(7-3-6-11(24)25)14(26)12-13(15(17,18)19)23(21-20-12)10-5-2-4-9(16)8-10/h2,4-5,8H,3,6-7H2,1H3,(H,24,25). The molecule has 1 N–H and O–H groups in total. The van der Waals surface area contributed by atoms with Crippen molar-refractivity contribution in [3.8, 4) is 5.69 Å². The number of alkyl halides is 3. The number of halogens is 4. The lowest BCUT2D eigenvalue weighted by molar-refractivity contribution is -0.143. The zero-order valence-corrected chi connectivity index (χ0v) is 13.5. The summed E-state index contributed by atoms with van der Waals surface area (Å²) in [5.41, 5.74) is -2.62. The summed E-state index contributed by atoms with van der Waals surface area (Å²) in [7, 11) is 1.23.